The topological polar surface area (TPSA) is 40.5 Å². The van der Waals surface area contributed by atoms with Gasteiger partial charge in [0.05, 0.1) is 0 Å². The summed E-state index contributed by atoms with van der Waals surface area (Å²) < 4.78 is 0. The van der Waals surface area contributed by atoms with Crippen LogP contribution in [0.5, 0.6) is 11.5 Å². The van der Waals surface area contributed by atoms with E-state index in [1.165, 1.54) is 128 Å². The highest BCUT2D eigenvalue weighted by molar-refractivity contribution is 5.50. The summed E-state index contributed by atoms with van der Waals surface area (Å²) in [7, 11) is 0. The molecule has 0 saturated heterocycles. The second-order valence-electron chi connectivity index (χ2n) is 11.7. The number of hydrogen-bond acceptors (Lipinski definition) is 2. The molecule has 2 atom stereocenters. The van der Waals surface area contributed by atoms with E-state index in [9.17, 15) is 10.2 Å². The van der Waals surface area contributed by atoms with Crippen LogP contribution in [-0.4, -0.2) is 10.2 Å². The van der Waals surface area contributed by atoms with Crippen LogP contribution < -0.4 is 0 Å². The highest BCUT2D eigenvalue weighted by Crippen LogP contribution is 2.42. The fourth-order valence-corrected chi connectivity index (χ4v) is 5.81. The van der Waals surface area contributed by atoms with Gasteiger partial charge < -0.3 is 10.2 Å². The van der Waals surface area contributed by atoms with E-state index in [1.54, 1.807) is 12.1 Å². The first kappa shape index (κ1) is 32.8. The predicted octanol–water partition coefficient (Wildman–Crippen LogP) is 11.9. The highest BCUT2D eigenvalue weighted by Gasteiger charge is 2.22. The normalized spacial score (nSPS) is 13.2. The lowest BCUT2D eigenvalue weighted by atomic mass is 9.83. The molecule has 0 bridgehead atoms. The first-order valence-electron chi connectivity index (χ1n) is 16.1. The van der Waals surface area contributed by atoms with Crippen LogP contribution >= 0.6 is 0 Å². The molecule has 1 rings (SSSR count). The van der Waals surface area contributed by atoms with Gasteiger partial charge >= 0.3 is 0 Å². The lowest BCUT2D eigenvalue weighted by Crippen LogP contribution is -2.05. The van der Waals surface area contributed by atoms with Gasteiger partial charge in [-0.3, -0.25) is 0 Å². The van der Waals surface area contributed by atoms with Crippen LogP contribution in [0.4, 0.5) is 0 Å². The van der Waals surface area contributed by atoms with Crippen LogP contribution in [0.1, 0.15) is 192 Å². The number of hydrogen-bond donors (Lipinski definition) is 2. The quantitative estimate of drug-likeness (QED) is 0.109. The summed E-state index contributed by atoms with van der Waals surface area (Å²) in [6, 6.07) is 3.38. The Morgan fingerprint density at radius 3 is 0.972 bits per heavy atom. The standard InChI is InChI=1S/C34H62O2/c1-5-7-9-11-13-15-17-19-21-23-25-29(3)33-31(35)27-28-32(36)34(33)30(4)26-24-22-20-18-16-14-12-10-8-6-2/h27-30,35-36H,5-26H2,1-4H3. The number of phenols is 2. The van der Waals surface area contributed by atoms with Crippen LogP contribution in [-0.2, 0) is 0 Å². The second kappa shape index (κ2) is 21.9. The Bertz CT molecular complexity index is 583. The molecule has 0 fully saturated rings. The molecule has 0 saturated carbocycles. The molecular weight excluding hydrogens is 440 g/mol. The van der Waals surface area contributed by atoms with Gasteiger partial charge in [-0.05, 0) is 36.8 Å². The van der Waals surface area contributed by atoms with Crippen LogP contribution in [0.3, 0.4) is 0 Å². The maximum atomic E-state index is 10.7. The summed E-state index contributed by atoms with van der Waals surface area (Å²) in [6.45, 7) is 9.03. The monoisotopic (exact) mass is 502 g/mol. The molecule has 2 nitrogen and oxygen atoms in total. The largest absolute Gasteiger partial charge is 0.508 e. The Morgan fingerprint density at radius 2 is 0.694 bits per heavy atom. The predicted molar refractivity (Wildman–Crippen MR) is 160 cm³/mol. The summed E-state index contributed by atoms with van der Waals surface area (Å²) in [5.74, 6) is 1.32. The van der Waals surface area contributed by atoms with Crippen molar-refractivity contribution in [1.29, 1.82) is 0 Å². The molecule has 2 unspecified atom stereocenters. The van der Waals surface area contributed by atoms with Gasteiger partial charge in [0.2, 0.25) is 0 Å². The minimum atomic E-state index is 0.288. The number of phenolic OH excluding ortho intramolecular Hbond substituents is 2. The lowest BCUT2D eigenvalue weighted by Gasteiger charge is -2.23. The number of unbranched alkanes of at least 4 members (excludes halogenated alkanes) is 18. The average molecular weight is 503 g/mol. The number of aromatic hydroxyl groups is 2. The van der Waals surface area contributed by atoms with Gasteiger partial charge in [-0.25, -0.2) is 0 Å². The highest BCUT2D eigenvalue weighted by atomic mass is 16.3. The third-order valence-electron chi connectivity index (χ3n) is 8.21. The van der Waals surface area contributed by atoms with Gasteiger partial charge in [-0.15, -0.1) is 0 Å². The second-order valence-corrected chi connectivity index (χ2v) is 11.7. The van der Waals surface area contributed by atoms with Gasteiger partial charge in [-0.2, -0.15) is 0 Å². The maximum Gasteiger partial charge on any atom is 0.119 e. The minimum Gasteiger partial charge on any atom is -0.508 e. The van der Waals surface area contributed by atoms with E-state index in [0.29, 0.717) is 11.5 Å². The lowest BCUT2D eigenvalue weighted by molar-refractivity contribution is 0.429. The average Bonchev–Trinajstić information content (AvgIpc) is 2.87. The van der Waals surface area contributed by atoms with E-state index >= 15 is 0 Å². The molecule has 0 radical (unpaired) electrons. The Kier molecular flexibility index (Phi) is 19.9. The van der Waals surface area contributed by atoms with E-state index in [1.807, 2.05) is 0 Å². The van der Waals surface area contributed by atoms with Gasteiger partial charge in [-0.1, -0.05) is 156 Å². The molecule has 0 spiro atoms. The number of benzene rings is 1. The van der Waals surface area contributed by atoms with Crippen molar-refractivity contribution in [3.8, 4) is 11.5 Å². The van der Waals surface area contributed by atoms with Crippen molar-refractivity contribution in [1.82, 2.24) is 0 Å². The van der Waals surface area contributed by atoms with E-state index in [2.05, 4.69) is 27.7 Å². The molecule has 0 aliphatic carbocycles. The molecule has 0 aliphatic rings. The molecule has 1 aromatic carbocycles. The van der Waals surface area contributed by atoms with Crippen LogP contribution in [0.15, 0.2) is 12.1 Å². The first-order chi connectivity index (χ1) is 17.5. The Hall–Kier alpha value is -1.18. The van der Waals surface area contributed by atoms with Gasteiger partial charge in [0.1, 0.15) is 11.5 Å². The van der Waals surface area contributed by atoms with Gasteiger partial charge in [0.25, 0.3) is 0 Å². The molecule has 0 aliphatic heterocycles. The van der Waals surface area contributed by atoms with E-state index in [4.69, 9.17) is 0 Å². The van der Waals surface area contributed by atoms with Crippen LogP contribution in [0, 0.1) is 0 Å². The molecular formula is C34H62O2. The molecule has 210 valence electrons. The van der Waals surface area contributed by atoms with Crippen molar-refractivity contribution in [3.05, 3.63) is 23.3 Å². The molecule has 0 heterocycles. The van der Waals surface area contributed by atoms with E-state index < -0.39 is 0 Å². The summed E-state index contributed by atoms with van der Waals surface area (Å²) in [5, 5.41) is 21.5. The Morgan fingerprint density at radius 1 is 0.444 bits per heavy atom. The molecule has 36 heavy (non-hydrogen) atoms. The minimum absolute atomic E-state index is 0.288. The smallest absolute Gasteiger partial charge is 0.119 e. The van der Waals surface area contributed by atoms with Crippen molar-refractivity contribution in [3.63, 3.8) is 0 Å². The van der Waals surface area contributed by atoms with Crippen molar-refractivity contribution < 1.29 is 10.2 Å². The zero-order valence-corrected chi connectivity index (χ0v) is 24.8. The fraction of sp³-hybridized carbons (Fsp3) is 0.824. The zero-order chi connectivity index (χ0) is 26.4. The molecule has 2 N–H and O–H groups in total. The Labute approximate surface area is 225 Å². The fourth-order valence-electron chi connectivity index (χ4n) is 5.81. The Balaban J connectivity index is 2.36. The van der Waals surface area contributed by atoms with E-state index in [-0.39, 0.29) is 11.8 Å². The van der Waals surface area contributed by atoms with Crippen molar-refractivity contribution in [2.24, 2.45) is 0 Å². The molecule has 2 heteroatoms. The molecule has 0 aromatic heterocycles. The van der Waals surface area contributed by atoms with Crippen molar-refractivity contribution in [2.75, 3.05) is 0 Å². The zero-order valence-electron chi connectivity index (χ0n) is 24.8. The van der Waals surface area contributed by atoms with Gasteiger partial charge in [0, 0.05) is 11.1 Å². The first-order valence-corrected chi connectivity index (χ1v) is 16.1. The van der Waals surface area contributed by atoms with Crippen molar-refractivity contribution >= 4 is 0 Å². The summed E-state index contributed by atoms with van der Waals surface area (Å²) in [5.41, 5.74) is 2.01. The number of rotatable bonds is 24. The summed E-state index contributed by atoms with van der Waals surface area (Å²) in [6.07, 6.45) is 29.1. The summed E-state index contributed by atoms with van der Waals surface area (Å²) in [4.78, 5) is 0. The van der Waals surface area contributed by atoms with Crippen molar-refractivity contribution in [2.45, 2.75) is 181 Å². The third-order valence-corrected chi connectivity index (χ3v) is 8.21. The van der Waals surface area contributed by atoms with E-state index in [0.717, 1.165) is 24.0 Å². The van der Waals surface area contributed by atoms with Crippen LogP contribution in [0.25, 0.3) is 0 Å². The summed E-state index contributed by atoms with van der Waals surface area (Å²) >= 11 is 0. The van der Waals surface area contributed by atoms with Gasteiger partial charge in [0.15, 0.2) is 0 Å². The van der Waals surface area contributed by atoms with Crippen LogP contribution in [0.2, 0.25) is 0 Å². The third kappa shape index (κ3) is 14.5. The maximum absolute atomic E-state index is 10.7. The SMILES string of the molecule is CCCCCCCCCCCCC(C)c1c(O)ccc(O)c1C(C)CCCCCCCCCCCC. The molecule has 1 aromatic rings. The molecule has 0 amide bonds.